The third kappa shape index (κ3) is 1.86. The molecule has 0 aliphatic rings. The van der Waals surface area contributed by atoms with Gasteiger partial charge in [0.1, 0.15) is 0 Å². The van der Waals surface area contributed by atoms with Gasteiger partial charge in [0.15, 0.2) is 6.29 Å². The van der Waals surface area contributed by atoms with E-state index in [4.69, 9.17) is 0 Å². The molecule has 3 nitrogen and oxygen atoms in total. The Morgan fingerprint density at radius 2 is 2.33 bits per heavy atom. The Kier molecular flexibility index (Phi) is 2.72. The topological polar surface area (TPSA) is 44.9 Å². The Bertz CT molecular complexity index is 473. The van der Waals surface area contributed by atoms with Crippen LogP contribution in [-0.4, -0.2) is 17.8 Å². The zero-order chi connectivity index (χ0) is 10.7. The van der Waals surface area contributed by atoms with Crippen LogP contribution in [0, 0.1) is 0 Å². The van der Waals surface area contributed by atoms with Crippen molar-refractivity contribution in [2.75, 3.05) is 11.9 Å². The van der Waals surface area contributed by atoms with Gasteiger partial charge in [0, 0.05) is 34.9 Å². The molecule has 78 valence electrons. The smallest absolute Gasteiger partial charge is 0.152 e. The van der Waals surface area contributed by atoms with Crippen molar-refractivity contribution in [1.29, 1.82) is 0 Å². The van der Waals surface area contributed by atoms with Crippen molar-refractivity contribution >= 4 is 22.9 Å². The van der Waals surface area contributed by atoms with Crippen LogP contribution in [-0.2, 0) is 0 Å². The highest BCUT2D eigenvalue weighted by atomic mass is 16.1. The quantitative estimate of drug-likeness (QED) is 0.749. The zero-order valence-corrected chi connectivity index (χ0v) is 8.71. The summed E-state index contributed by atoms with van der Waals surface area (Å²) in [6.45, 7) is 3.07. The summed E-state index contributed by atoms with van der Waals surface area (Å²) in [6, 6.07) is 6.01. The minimum atomic E-state index is 0.713. The summed E-state index contributed by atoms with van der Waals surface area (Å²) >= 11 is 0. The summed E-state index contributed by atoms with van der Waals surface area (Å²) in [7, 11) is 0. The van der Waals surface area contributed by atoms with Crippen LogP contribution in [0.3, 0.4) is 0 Å². The van der Waals surface area contributed by atoms with Gasteiger partial charge in [-0.3, -0.25) is 4.79 Å². The van der Waals surface area contributed by atoms with E-state index in [2.05, 4.69) is 17.2 Å². The van der Waals surface area contributed by atoms with Gasteiger partial charge in [-0.05, 0) is 24.6 Å². The highest BCUT2D eigenvalue weighted by Crippen LogP contribution is 2.21. The Morgan fingerprint density at radius 1 is 1.47 bits per heavy atom. The van der Waals surface area contributed by atoms with Gasteiger partial charge in [-0.15, -0.1) is 0 Å². The van der Waals surface area contributed by atoms with Gasteiger partial charge < -0.3 is 10.3 Å². The van der Waals surface area contributed by atoms with E-state index in [1.165, 1.54) is 0 Å². The van der Waals surface area contributed by atoms with Crippen LogP contribution in [0.5, 0.6) is 0 Å². The number of anilines is 1. The molecule has 0 unspecified atom stereocenters. The fourth-order valence-corrected chi connectivity index (χ4v) is 1.62. The number of hydrogen-bond acceptors (Lipinski definition) is 2. The number of aldehydes is 1. The normalized spacial score (nSPS) is 10.5. The minimum absolute atomic E-state index is 0.713. The lowest BCUT2D eigenvalue weighted by atomic mass is 10.1. The Morgan fingerprint density at radius 3 is 3.07 bits per heavy atom. The lowest BCUT2D eigenvalue weighted by molar-refractivity contribution is 0.112. The van der Waals surface area contributed by atoms with Crippen LogP contribution < -0.4 is 5.32 Å². The number of carbonyl (C=O) groups is 1. The fourth-order valence-electron chi connectivity index (χ4n) is 1.62. The molecule has 15 heavy (non-hydrogen) atoms. The number of aromatic amines is 1. The highest BCUT2D eigenvalue weighted by Gasteiger charge is 2.02. The summed E-state index contributed by atoms with van der Waals surface area (Å²) in [5.74, 6) is 0. The van der Waals surface area contributed by atoms with Gasteiger partial charge in [0.25, 0.3) is 0 Å². The number of carbonyl (C=O) groups excluding carboxylic acids is 1. The number of nitrogens with one attached hydrogen (secondary N) is 2. The van der Waals surface area contributed by atoms with Gasteiger partial charge in [-0.1, -0.05) is 6.92 Å². The standard InChI is InChI=1S/C12H14N2O/c1-2-5-13-10-3-4-12-11(6-10)9(8-15)7-14-12/h3-4,6-8,13-14H,2,5H2,1H3. The maximum atomic E-state index is 10.8. The molecule has 0 spiro atoms. The molecule has 3 heteroatoms. The molecular formula is C12H14N2O. The molecular weight excluding hydrogens is 188 g/mol. The van der Waals surface area contributed by atoms with Gasteiger partial charge in [0.2, 0.25) is 0 Å². The first-order chi connectivity index (χ1) is 7.35. The number of fused-ring (bicyclic) bond motifs is 1. The third-order valence-electron chi connectivity index (χ3n) is 2.42. The summed E-state index contributed by atoms with van der Waals surface area (Å²) in [5, 5.41) is 4.28. The molecule has 0 amide bonds. The van der Waals surface area contributed by atoms with E-state index in [1.807, 2.05) is 18.2 Å². The number of H-pyrrole nitrogens is 1. The Hall–Kier alpha value is -1.77. The fraction of sp³-hybridized carbons (Fsp3) is 0.250. The zero-order valence-electron chi connectivity index (χ0n) is 8.71. The van der Waals surface area contributed by atoms with Crippen LogP contribution in [0.2, 0.25) is 0 Å². The largest absolute Gasteiger partial charge is 0.385 e. The average Bonchev–Trinajstić information content (AvgIpc) is 2.68. The molecule has 0 radical (unpaired) electrons. The Balaban J connectivity index is 2.39. The van der Waals surface area contributed by atoms with Crippen molar-refractivity contribution in [2.24, 2.45) is 0 Å². The van der Waals surface area contributed by atoms with E-state index in [0.717, 1.165) is 35.8 Å². The van der Waals surface area contributed by atoms with Crippen molar-refractivity contribution < 1.29 is 4.79 Å². The maximum absolute atomic E-state index is 10.8. The molecule has 0 bridgehead atoms. The van der Waals surface area contributed by atoms with Crippen molar-refractivity contribution in [1.82, 2.24) is 4.98 Å². The molecule has 1 aromatic heterocycles. The number of aromatic nitrogens is 1. The average molecular weight is 202 g/mol. The monoisotopic (exact) mass is 202 g/mol. The number of hydrogen-bond donors (Lipinski definition) is 2. The predicted molar refractivity (Wildman–Crippen MR) is 62.5 cm³/mol. The van der Waals surface area contributed by atoms with Crippen LogP contribution >= 0.6 is 0 Å². The van der Waals surface area contributed by atoms with E-state index < -0.39 is 0 Å². The minimum Gasteiger partial charge on any atom is -0.385 e. The van der Waals surface area contributed by atoms with Crippen LogP contribution in [0.4, 0.5) is 5.69 Å². The second kappa shape index (κ2) is 4.17. The molecule has 1 heterocycles. The van der Waals surface area contributed by atoms with Crippen molar-refractivity contribution in [3.63, 3.8) is 0 Å². The van der Waals surface area contributed by atoms with Crippen LogP contribution in [0.15, 0.2) is 24.4 Å². The first-order valence-corrected chi connectivity index (χ1v) is 5.15. The number of rotatable bonds is 4. The lowest BCUT2D eigenvalue weighted by Gasteiger charge is -2.04. The van der Waals surface area contributed by atoms with E-state index in [-0.39, 0.29) is 0 Å². The second-order valence-electron chi connectivity index (χ2n) is 3.55. The summed E-state index contributed by atoms with van der Waals surface area (Å²) in [4.78, 5) is 13.8. The van der Waals surface area contributed by atoms with Gasteiger partial charge >= 0.3 is 0 Å². The second-order valence-corrected chi connectivity index (χ2v) is 3.55. The molecule has 2 aromatic rings. The predicted octanol–water partition coefficient (Wildman–Crippen LogP) is 2.80. The van der Waals surface area contributed by atoms with Crippen LogP contribution in [0.25, 0.3) is 10.9 Å². The molecule has 0 fully saturated rings. The van der Waals surface area contributed by atoms with E-state index in [9.17, 15) is 4.79 Å². The lowest BCUT2D eigenvalue weighted by Crippen LogP contribution is -1.98. The number of benzene rings is 1. The Labute approximate surface area is 88.5 Å². The molecule has 0 saturated carbocycles. The molecule has 1 aromatic carbocycles. The van der Waals surface area contributed by atoms with Gasteiger partial charge in [-0.25, -0.2) is 0 Å². The van der Waals surface area contributed by atoms with Crippen molar-refractivity contribution in [3.8, 4) is 0 Å². The molecule has 2 rings (SSSR count). The van der Waals surface area contributed by atoms with E-state index in [0.29, 0.717) is 5.56 Å². The summed E-state index contributed by atoms with van der Waals surface area (Å²) in [5.41, 5.74) is 2.77. The van der Waals surface area contributed by atoms with Crippen LogP contribution in [0.1, 0.15) is 23.7 Å². The third-order valence-corrected chi connectivity index (χ3v) is 2.42. The van der Waals surface area contributed by atoms with E-state index >= 15 is 0 Å². The molecule has 0 aliphatic carbocycles. The van der Waals surface area contributed by atoms with Gasteiger partial charge in [0.05, 0.1) is 0 Å². The molecule has 2 N–H and O–H groups in total. The molecule has 0 saturated heterocycles. The first-order valence-electron chi connectivity index (χ1n) is 5.15. The van der Waals surface area contributed by atoms with Crippen molar-refractivity contribution in [3.05, 3.63) is 30.0 Å². The first kappa shape index (κ1) is 9.77. The maximum Gasteiger partial charge on any atom is 0.152 e. The SMILES string of the molecule is CCCNc1ccc2[nH]cc(C=O)c2c1. The summed E-state index contributed by atoms with van der Waals surface area (Å²) < 4.78 is 0. The van der Waals surface area contributed by atoms with Crippen molar-refractivity contribution in [2.45, 2.75) is 13.3 Å². The van der Waals surface area contributed by atoms with E-state index in [1.54, 1.807) is 6.20 Å². The summed E-state index contributed by atoms with van der Waals surface area (Å²) in [6.07, 6.45) is 3.70. The highest BCUT2D eigenvalue weighted by molar-refractivity contribution is 5.98. The van der Waals surface area contributed by atoms with Gasteiger partial charge in [-0.2, -0.15) is 0 Å². The molecule has 0 aliphatic heterocycles. The molecule has 0 atom stereocenters.